The molecular weight excluding hydrogens is 294 g/mol. The fourth-order valence-corrected chi connectivity index (χ4v) is 2.35. The number of carbonyl (C=O) groups is 1. The van der Waals surface area contributed by atoms with Crippen LogP contribution < -0.4 is 5.32 Å². The van der Waals surface area contributed by atoms with E-state index in [1.807, 2.05) is 59.4 Å². The predicted octanol–water partition coefficient (Wildman–Crippen LogP) is 1.98. The maximum Gasteiger partial charge on any atom is 0.254 e. The second-order valence-electron chi connectivity index (χ2n) is 4.97. The number of methoxy groups -OCH3 is 1. The Kier molecular flexibility index (Phi) is 4.49. The average Bonchev–Trinajstić information content (AvgIpc) is 3.22. The van der Waals surface area contributed by atoms with Gasteiger partial charge in [0.2, 0.25) is 5.95 Å². The lowest BCUT2D eigenvalue weighted by molar-refractivity contribution is -0.118. The predicted molar refractivity (Wildman–Crippen MR) is 84.7 cm³/mol. The van der Waals surface area contributed by atoms with Gasteiger partial charge in [-0.2, -0.15) is 4.98 Å². The van der Waals surface area contributed by atoms with Gasteiger partial charge in [0.05, 0.1) is 0 Å². The third-order valence-corrected chi connectivity index (χ3v) is 3.34. The third-order valence-electron chi connectivity index (χ3n) is 3.34. The quantitative estimate of drug-likeness (QED) is 0.729. The summed E-state index contributed by atoms with van der Waals surface area (Å²) in [5.41, 5.74) is 0.883. The molecule has 0 aliphatic carbocycles. The number of aromatic amines is 1. The Hall–Kier alpha value is -2.93. The number of H-pyrrole nitrogens is 1. The van der Waals surface area contributed by atoms with Crippen molar-refractivity contribution in [3.63, 3.8) is 0 Å². The highest BCUT2D eigenvalue weighted by Gasteiger charge is 2.23. The van der Waals surface area contributed by atoms with E-state index in [2.05, 4.69) is 20.5 Å². The molecule has 1 amide bonds. The Bertz CT molecular complexity index is 752. The monoisotopic (exact) mass is 311 g/mol. The molecule has 0 aliphatic rings. The zero-order valence-electron chi connectivity index (χ0n) is 12.6. The Morgan fingerprint density at radius 2 is 2.00 bits per heavy atom. The molecule has 0 saturated heterocycles. The standard InChI is InChI=1S/C16H17N5O2/c1-23-11-13-17-16(20-19-13)18-15(22)14(21-9-5-6-10-21)12-7-3-2-4-8-12/h2-10,14H,11H2,1H3,(H2,17,18,19,20,22). The van der Waals surface area contributed by atoms with Crippen LogP contribution in [0.3, 0.4) is 0 Å². The van der Waals surface area contributed by atoms with E-state index in [1.54, 1.807) is 7.11 Å². The van der Waals surface area contributed by atoms with E-state index in [0.717, 1.165) is 5.56 Å². The third kappa shape index (κ3) is 3.46. The van der Waals surface area contributed by atoms with Crippen molar-refractivity contribution >= 4 is 11.9 Å². The number of hydrogen-bond acceptors (Lipinski definition) is 4. The highest BCUT2D eigenvalue weighted by molar-refractivity contribution is 5.94. The van der Waals surface area contributed by atoms with Gasteiger partial charge in [-0.15, -0.1) is 5.10 Å². The van der Waals surface area contributed by atoms with Gasteiger partial charge in [0, 0.05) is 19.5 Å². The van der Waals surface area contributed by atoms with Crippen molar-refractivity contribution in [3.05, 3.63) is 66.2 Å². The van der Waals surface area contributed by atoms with Gasteiger partial charge in [-0.3, -0.25) is 15.2 Å². The number of hydrogen-bond donors (Lipinski definition) is 2. The van der Waals surface area contributed by atoms with Crippen LogP contribution in [0.1, 0.15) is 17.4 Å². The summed E-state index contributed by atoms with van der Waals surface area (Å²) < 4.78 is 6.81. The lowest BCUT2D eigenvalue weighted by Gasteiger charge is -2.18. The fraction of sp³-hybridized carbons (Fsp3) is 0.188. The summed E-state index contributed by atoms with van der Waals surface area (Å²) >= 11 is 0. The van der Waals surface area contributed by atoms with Crippen LogP contribution in [0.2, 0.25) is 0 Å². The first-order valence-corrected chi connectivity index (χ1v) is 7.16. The van der Waals surface area contributed by atoms with E-state index in [-0.39, 0.29) is 11.9 Å². The summed E-state index contributed by atoms with van der Waals surface area (Å²) in [5.74, 6) is 0.575. The van der Waals surface area contributed by atoms with Crippen molar-refractivity contribution in [3.8, 4) is 0 Å². The molecule has 2 heterocycles. The molecule has 7 nitrogen and oxygen atoms in total. The molecule has 118 valence electrons. The Balaban J connectivity index is 1.83. The fourth-order valence-electron chi connectivity index (χ4n) is 2.35. The molecule has 2 aromatic heterocycles. The number of anilines is 1. The van der Waals surface area contributed by atoms with Crippen molar-refractivity contribution in [2.24, 2.45) is 0 Å². The Labute approximate surface area is 133 Å². The molecule has 0 aliphatic heterocycles. The molecule has 1 atom stereocenters. The summed E-state index contributed by atoms with van der Waals surface area (Å²) in [7, 11) is 1.57. The van der Waals surface area contributed by atoms with Crippen molar-refractivity contribution in [2.45, 2.75) is 12.6 Å². The lowest BCUT2D eigenvalue weighted by Crippen LogP contribution is -2.26. The van der Waals surface area contributed by atoms with Crippen molar-refractivity contribution in [1.82, 2.24) is 19.7 Å². The topological polar surface area (TPSA) is 84.8 Å². The molecule has 0 radical (unpaired) electrons. The molecule has 3 aromatic rings. The summed E-state index contributed by atoms with van der Waals surface area (Å²) in [5, 5.41) is 9.43. The van der Waals surface area contributed by atoms with Gasteiger partial charge in [0.15, 0.2) is 5.82 Å². The van der Waals surface area contributed by atoms with E-state index in [9.17, 15) is 4.79 Å². The highest BCUT2D eigenvalue weighted by atomic mass is 16.5. The molecule has 0 fully saturated rings. The van der Waals surface area contributed by atoms with Gasteiger partial charge in [-0.05, 0) is 17.7 Å². The molecule has 0 spiro atoms. The minimum Gasteiger partial charge on any atom is -0.377 e. The summed E-state index contributed by atoms with van der Waals surface area (Å²) in [4.78, 5) is 16.9. The molecule has 2 N–H and O–H groups in total. The first kappa shape index (κ1) is 15.0. The number of aromatic nitrogens is 4. The van der Waals surface area contributed by atoms with Crippen LogP contribution in [-0.2, 0) is 16.1 Å². The number of nitrogens with one attached hydrogen (secondary N) is 2. The number of ether oxygens (including phenoxy) is 1. The van der Waals surface area contributed by atoms with Crippen LogP contribution in [0, 0.1) is 0 Å². The average molecular weight is 311 g/mol. The van der Waals surface area contributed by atoms with Crippen LogP contribution in [0.25, 0.3) is 0 Å². The van der Waals surface area contributed by atoms with Crippen LogP contribution >= 0.6 is 0 Å². The number of amides is 1. The summed E-state index contributed by atoms with van der Waals surface area (Å²) in [6.07, 6.45) is 3.71. The maximum absolute atomic E-state index is 12.7. The second-order valence-corrected chi connectivity index (χ2v) is 4.97. The Morgan fingerprint density at radius 1 is 1.26 bits per heavy atom. The SMILES string of the molecule is COCc1nc(NC(=O)C(c2ccccc2)n2cccc2)n[nH]1. The minimum atomic E-state index is -0.490. The van der Waals surface area contributed by atoms with Gasteiger partial charge in [0.1, 0.15) is 12.6 Å². The molecule has 0 bridgehead atoms. The largest absolute Gasteiger partial charge is 0.377 e. The molecule has 7 heteroatoms. The molecule has 0 saturated carbocycles. The van der Waals surface area contributed by atoms with Crippen LogP contribution in [0.4, 0.5) is 5.95 Å². The zero-order chi connectivity index (χ0) is 16.1. The molecule has 3 rings (SSSR count). The number of carbonyl (C=O) groups excluding carboxylic acids is 1. The minimum absolute atomic E-state index is 0.213. The van der Waals surface area contributed by atoms with E-state index in [0.29, 0.717) is 12.4 Å². The van der Waals surface area contributed by atoms with Gasteiger partial charge >= 0.3 is 0 Å². The van der Waals surface area contributed by atoms with Crippen molar-refractivity contribution in [1.29, 1.82) is 0 Å². The first-order valence-electron chi connectivity index (χ1n) is 7.16. The van der Waals surface area contributed by atoms with Gasteiger partial charge in [0.25, 0.3) is 5.91 Å². The molecule has 1 unspecified atom stereocenters. The van der Waals surface area contributed by atoms with Gasteiger partial charge < -0.3 is 9.30 Å². The normalized spacial score (nSPS) is 12.0. The summed E-state index contributed by atoms with van der Waals surface area (Å²) in [6.45, 7) is 0.308. The maximum atomic E-state index is 12.7. The van der Waals surface area contributed by atoms with Crippen molar-refractivity contribution in [2.75, 3.05) is 12.4 Å². The van der Waals surface area contributed by atoms with Crippen LogP contribution in [0.5, 0.6) is 0 Å². The van der Waals surface area contributed by atoms with E-state index >= 15 is 0 Å². The number of rotatable bonds is 6. The number of nitrogens with zero attached hydrogens (tertiary/aromatic N) is 3. The lowest BCUT2D eigenvalue weighted by atomic mass is 10.1. The van der Waals surface area contributed by atoms with E-state index in [4.69, 9.17) is 4.74 Å². The number of benzene rings is 1. The molecular formula is C16H17N5O2. The second kappa shape index (κ2) is 6.89. The molecule has 1 aromatic carbocycles. The van der Waals surface area contributed by atoms with Crippen LogP contribution in [-0.4, -0.2) is 32.8 Å². The highest BCUT2D eigenvalue weighted by Crippen LogP contribution is 2.20. The van der Waals surface area contributed by atoms with Gasteiger partial charge in [-0.25, -0.2) is 0 Å². The van der Waals surface area contributed by atoms with Crippen LogP contribution in [0.15, 0.2) is 54.9 Å². The Morgan fingerprint density at radius 3 is 2.70 bits per heavy atom. The van der Waals surface area contributed by atoms with E-state index < -0.39 is 6.04 Å². The van der Waals surface area contributed by atoms with Gasteiger partial charge in [-0.1, -0.05) is 30.3 Å². The molecule has 23 heavy (non-hydrogen) atoms. The van der Waals surface area contributed by atoms with Crippen molar-refractivity contribution < 1.29 is 9.53 Å². The zero-order valence-corrected chi connectivity index (χ0v) is 12.6. The smallest absolute Gasteiger partial charge is 0.254 e. The summed E-state index contributed by atoms with van der Waals surface area (Å²) in [6, 6.07) is 12.8. The first-order chi connectivity index (χ1) is 11.3. The van der Waals surface area contributed by atoms with E-state index in [1.165, 1.54) is 0 Å².